The van der Waals surface area contributed by atoms with Crippen LogP contribution in [0.2, 0.25) is 0 Å². The first-order chi connectivity index (χ1) is 12.5. The summed E-state index contributed by atoms with van der Waals surface area (Å²) in [5, 5.41) is 2.87. The molecule has 3 rings (SSSR count). The average molecular weight is 417 g/mol. The van der Waals surface area contributed by atoms with Crippen molar-refractivity contribution in [2.75, 3.05) is 30.9 Å². The Kier molecular flexibility index (Phi) is 5.56. The number of nitrogens with one attached hydrogen (secondary N) is 1. The second kappa shape index (κ2) is 7.86. The van der Waals surface area contributed by atoms with Crippen molar-refractivity contribution in [3.8, 4) is 0 Å². The van der Waals surface area contributed by atoms with Crippen molar-refractivity contribution in [3.05, 3.63) is 52.6 Å². The summed E-state index contributed by atoms with van der Waals surface area (Å²) < 4.78 is 0.915. The zero-order valence-corrected chi connectivity index (χ0v) is 16.4. The SMILES string of the molecule is CN(C)c1ccc(NC(=O)C2CCCN2C(=O)c2ccc(Br)cc2)cn1. The summed E-state index contributed by atoms with van der Waals surface area (Å²) >= 11 is 3.37. The third-order valence-electron chi connectivity index (χ3n) is 4.38. The first-order valence-corrected chi connectivity index (χ1v) is 9.26. The van der Waals surface area contributed by atoms with E-state index in [-0.39, 0.29) is 11.8 Å². The minimum absolute atomic E-state index is 0.115. The molecule has 0 radical (unpaired) electrons. The molecule has 0 aliphatic carbocycles. The van der Waals surface area contributed by atoms with Gasteiger partial charge >= 0.3 is 0 Å². The molecular weight excluding hydrogens is 396 g/mol. The molecule has 1 N–H and O–H groups in total. The molecule has 2 aromatic rings. The molecule has 1 unspecified atom stereocenters. The molecule has 2 heterocycles. The highest BCUT2D eigenvalue weighted by Crippen LogP contribution is 2.23. The molecule has 0 spiro atoms. The quantitative estimate of drug-likeness (QED) is 0.830. The highest BCUT2D eigenvalue weighted by atomic mass is 79.9. The number of halogens is 1. The number of benzene rings is 1. The van der Waals surface area contributed by atoms with Crippen molar-refractivity contribution in [1.82, 2.24) is 9.88 Å². The number of pyridine rings is 1. The first kappa shape index (κ1) is 18.4. The van der Waals surface area contributed by atoms with Gasteiger partial charge in [0.15, 0.2) is 0 Å². The fraction of sp³-hybridized carbons (Fsp3) is 0.316. The van der Waals surface area contributed by atoms with Crippen molar-refractivity contribution in [3.63, 3.8) is 0 Å². The van der Waals surface area contributed by atoms with E-state index in [9.17, 15) is 9.59 Å². The molecule has 0 saturated carbocycles. The maximum Gasteiger partial charge on any atom is 0.254 e. The van der Waals surface area contributed by atoms with E-state index in [2.05, 4.69) is 26.2 Å². The zero-order chi connectivity index (χ0) is 18.7. The van der Waals surface area contributed by atoms with Crippen molar-refractivity contribution < 1.29 is 9.59 Å². The Balaban J connectivity index is 1.69. The van der Waals surface area contributed by atoms with Crippen LogP contribution in [0.4, 0.5) is 11.5 Å². The molecule has 1 aliphatic rings. The first-order valence-electron chi connectivity index (χ1n) is 8.46. The van der Waals surface area contributed by atoms with Gasteiger partial charge in [-0.2, -0.15) is 0 Å². The van der Waals surface area contributed by atoms with Gasteiger partial charge < -0.3 is 15.1 Å². The summed E-state index contributed by atoms with van der Waals surface area (Å²) in [6.07, 6.45) is 3.11. The molecule has 1 fully saturated rings. The number of hydrogen-bond acceptors (Lipinski definition) is 4. The molecule has 1 saturated heterocycles. The van der Waals surface area contributed by atoms with Crippen LogP contribution in [0.25, 0.3) is 0 Å². The monoisotopic (exact) mass is 416 g/mol. The predicted molar refractivity (Wildman–Crippen MR) is 105 cm³/mol. The predicted octanol–water partition coefficient (Wildman–Crippen LogP) is 3.15. The molecule has 1 aromatic heterocycles. The van der Waals surface area contributed by atoms with E-state index >= 15 is 0 Å². The number of aromatic nitrogens is 1. The number of nitrogens with zero attached hydrogens (tertiary/aromatic N) is 3. The fourth-order valence-electron chi connectivity index (χ4n) is 2.99. The highest BCUT2D eigenvalue weighted by molar-refractivity contribution is 9.10. The fourth-order valence-corrected chi connectivity index (χ4v) is 3.26. The lowest BCUT2D eigenvalue weighted by atomic mass is 10.1. The summed E-state index contributed by atoms with van der Waals surface area (Å²) in [5.74, 6) is 0.527. The van der Waals surface area contributed by atoms with E-state index in [1.165, 1.54) is 0 Å². The van der Waals surface area contributed by atoms with Gasteiger partial charge in [-0.25, -0.2) is 4.98 Å². The van der Waals surface area contributed by atoms with Crippen LogP contribution >= 0.6 is 15.9 Å². The molecule has 1 atom stereocenters. The average Bonchev–Trinajstić information content (AvgIpc) is 3.12. The number of amides is 2. The number of likely N-dealkylation sites (tertiary alicyclic amines) is 1. The molecule has 7 heteroatoms. The minimum Gasteiger partial charge on any atom is -0.363 e. The van der Waals surface area contributed by atoms with Gasteiger partial charge in [0.25, 0.3) is 5.91 Å². The Morgan fingerprint density at radius 1 is 1.19 bits per heavy atom. The molecule has 1 aliphatic heterocycles. The second-order valence-corrected chi connectivity index (χ2v) is 7.37. The Morgan fingerprint density at radius 2 is 1.92 bits per heavy atom. The molecule has 2 amide bonds. The van der Waals surface area contributed by atoms with Gasteiger partial charge in [-0.15, -0.1) is 0 Å². The van der Waals surface area contributed by atoms with Gasteiger partial charge in [0.1, 0.15) is 11.9 Å². The van der Waals surface area contributed by atoms with E-state index < -0.39 is 6.04 Å². The van der Waals surface area contributed by atoms with Crippen LogP contribution in [0.5, 0.6) is 0 Å². The maximum absolute atomic E-state index is 12.8. The molecule has 0 bridgehead atoms. The van der Waals surface area contributed by atoms with E-state index in [4.69, 9.17) is 0 Å². The topological polar surface area (TPSA) is 65.5 Å². The Labute approximate surface area is 161 Å². The van der Waals surface area contributed by atoms with Crippen LogP contribution in [-0.4, -0.2) is 48.4 Å². The number of anilines is 2. The third kappa shape index (κ3) is 4.04. The standard InChI is InChI=1S/C19H21BrN4O2/c1-23(2)17-10-9-15(12-21-17)22-18(25)16-4-3-11-24(16)19(26)13-5-7-14(20)8-6-13/h5-10,12,16H,3-4,11H2,1-2H3,(H,22,25). The summed E-state index contributed by atoms with van der Waals surface area (Å²) in [6.45, 7) is 0.588. The van der Waals surface area contributed by atoms with Gasteiger partial charge in [0.05, 0.1) is 11.9 Å². The van der Waals surface area contributed by atoms with Crippen LogP contribution in [0.15, 0.2) is 47.1 Å². The van der Waals surface area contributed by atoms with E-state index in [1.807, 2.05) is 43.3 Å². The number of carbonyl (C=O) groups is 2. The summed E-state index contributed by atoms with van der Waals surface area (Å²) in [5.41, 5.74) is 1.22. The van der Waals surface area contributed by atoms with Crippen LogP contribution in [0.3, 0.4) is 0 Å². The molecular formula is C19H21BrN4O2. The third-order valence-corrected chi connectivity index (χ3v) is 4.91. The van der Waals surface area contributed by atoms with Crippen LogP contribution in [0.1, 0.15) is 23.2 Å². The Morgan fingerprint density at radius 3 is 2.54 bits per heavy atom. The summed E-state index contributed by atoms with van der Waals surface area (Å²) in [7, 11) is 3.81. The van der Waals surface area contributed by atoms with Gasteiger partial charge in [-0.05, 0) is 49.2 Å². The van der Waals surface area contributed by atoms with E-state index in [1.54, 1.807) is 23.2 Å². The van der Waals surface area contributed by atoms with Crippen molar-refractivity contribution in [1.29, 1.82) is 0 Å². The summed E-state index contributed by atoms with van der Waals surface area (Å²) in [6, 6.07) is 10.4. The smallest absolute Gasteiger partial charge is 0.254 e. The highest BCUT2D eigenvalue weighted by Gasteiger charge is 2.34. The number of carbonyl (C=O) groups excluding carboxylic acids is 2. The van der Waals surface area contributed by atoms with Crippen molar-refractivity contribution in [2.45, 2.75) is 18.9 Å². The van der Waals surface area contributed by atoms with Crippen LogP contribution < -0.4 is 10.2 Å². The second-order valence-electron chi connectivity index (χ2n) is 6.45. The van der Waals surface area contributed by atoms with Crippen LogP contribution in [0, 0.1) is 0 Å². The van der Waals surface area contributed by atoms with Crippen LogP contribution in [-0.2, 0) is 4.79 Å². The Hall–Kier alpha value is -2.41. The Bertz CT molecular complexity index is 790. The molecule has 6 nitrogen and oxygen atoms in total. The lowest BCUT2D eigenvalue weighted by molar-refractivity contribution is -0.119. The normalized spacial score (nSPS) is 16.4. The molecule has 1 aromatic carbocycles. The van der Waals surface area contributed by atoms with Gasteiger partial charge in [-0.3, -0.25) is 9.59 Å². The van der Waals surface area contributed by atoms with Crippen molar-refractivity contribution in [2.24, 2.45) is 0 Å². The van der Waals surface area contributed by atoms with E-state index in [0.717, 1.165) is 16.7 Å². The number of hydrogen-bond donors (Lipinski definition) is 1. The lowest BCUT2D eigenvalue weighted by Crippen LogP contribution is -2.43. The van der Waals surface area contributed by atoms with Crippen molar-refractivity contribution >= 4 is 39.2 Å². The van der Waals surface area contributed by atoms with Gasteiger partial charge in [-0.1, -0.05) is 15.9 Å². The summed E-state index contributed by atoms with van der Waals surface area (Å²) in [4.78, 5) is 33.3. The van der Waals surface area contributed by atoms with Gasteiger partial charge in [0, 0.05) is 30.7 Å². The maximum atomic E-state index is 12.8. The minimum atomic E-state index is -0.459. The largest absolute Gasteiger partial charge is 0.363 e. The lowest BCUT2D eigenvalue weighted by Gasteiger charge is -2.24. The molecule has 136 valence electrons. The zero-order valence-electron chi connectivity index (χ0n) is 14.8. The van der Waals surface area contributed by atoms with Gasteiger partial charge in [0.2, 0.25) is 5.91 Å². The number of rotatable bonds is 4. The molecule has 26 heavy (non-hydrogen) atoms. The van der Waals surface area contributed by atoms with E-state index in [0.29, 0.717) is 24.2 Å².